The molecule has 0 fully saturated rings. The molecule has 2 rings (SSSR count). The Morgan fingerprint density at radius 1 is 1.05 bits per heavy atom. The Hall–Kier alpha value is -1.63. The molecular weight excluding hydrogens is 324 g/mol. The predicted octanol–water partition coefficient (Wildman–Crippen LogP) is 4.60. The van der Waals surface area contributed by atoms with E-state index < -0.39 is 0 Å². The molecule has 0 aromatic heterocycles. The van der Waals surface area contributed by atoms with Gasteiger partial charge >= 0.3 is 0 Å². The summed E-state index contributed by atoms with van der Waals surface area (Å²) in [4.78, 5) is 0. The zero-order valence-corrected chi connectivity index (χ0v) is 13.9. The Labute approximate surface area is 134 Å². The van der Waals surface area contributed by atoms with Crippen LogP contribution in [0.5, 0.6) is 0 Å². The van der Waals surface area contributed by atoms with Crippen LogP contribution in [0, 0.1) is 11.3 Å². The standard InChI is InChI=1S/C18H19BrN2/c1-13(11-15-5-9-18(19)10-6-15)21-14(2)17-7-3-16(12-20)4-8-17/h3-10,13-14,21H,11H2,1-2H3. The van der Waals surface area contributed by atoms with E-state index in [-0.39, 0.29) is 6.04 Å². The van der Waals surface area contributed by atoms with Gasteiger partial charge in [0.25, 0.3) is 0 Å². The van der Waals surface area contributed by atoms with Crippen LogP contribution in [0.3, 0.4) is 0 Å². The van der Waals surface area contributed by atoms with E-state index in [9.17, 15) is 0 Å². The Morgan fingerprint density at radius 2 is 1.67 bits per heavy atom. The minimum atomic E-state index is 0.267. The minimum Gasteiger partial charge on any atom is -0.307 e. The monoisotopic (exact) mass is 342 g/mol. The Morgan fingerprint density at radius 3 is 2.24 bits per heavy atom. The summed E-state index contributed by atoms with van der Waals surface area (Å²) in [5, 5.41) is 12.4. The van der Waals surface area contributed by atoms with Crippen LogP contribution in [0.25, 0.3) is 0 Å². The normalized spacial score (nSPS) is 13.4. The second kappa shape index (κ2) is 7.40. The molecule has 0 saturated carbocycles. The number of hydrogen-bond donors (Lipinski definition) is 1. The van der Waals surface area contributed by atoms with Crippen LogP contribution >= 0.6 is 15.9 Å². The van der Waals surface area contributed by atoms with Crippen molar-refractivity contribution in [3.8, 4) is 6.07 Å². The van der Waals surface area contributed by atoms with Crippen LogP contribution in [0.1, 0.15) is 36.6 Å². The fraction of sp³-hybridized carbons (Fsp3) is 0.278. The third-order valence-electron chi connectivity index (χ3n) is 3.53. The van der Waals surface area contributed by atoms with E-state index in [0.29, 0.717) is 11.6 Å². The first-order valence-corrected chi connectivity index (χ1v) is 7.88. The van der Waals surface area contributed by atoms with Gasteiger partial charge in [-0.3, -0.25) is 0 Å². The molecule has 0 aliphatic rings. The summed E-state index contributed by atoms with van der Waals surface area (Å²) in [5.74, 6) is 0. The number of nitriles is 1. The topological polar surface area (TPSA) is 35.8 Å². The van der Waals surface area contributed by atoms with Gasteiger partial charge in [0.2, 0.25) is 0 Å². The van der Waals surface area contributed by atoms with E-state index in [4.69, 9.17) is 5.26 Å². The lowest BCUT2D eigenvalue weighted by Gasteiger charge is -2.20. The minimum absolute atomic E-state index is 0.267. The van der Waals surface area contributed by atoms with E-state index in [1.165, 1.54) is 11.1 Å². The van der Waals surface area contributed by atoms with Gasteiger partial charge in [0.05, 0.1) is 11.6 Å². The molecule has 1 N–H and O–H groups in total. The highest BCUT2D eigenvalue weighted by Crippen LogP contribution is 2.16. The van der Waals surface area contributed by atoms with Gasteiger partial charge in [-0.2, -0.15) is 5.26 Å². The van der Waals surface area contributed by atoms with Gasteiger partial charge in [0.1, 0.15) is 0 Å². The summed E-state index contributed by atoms with van der Waals surface area (Å²) in [6.45, 7) is 4.35. The predicted molar refractivity (Wildman–Crippen MR) is 90.0 cm³/mol. The van der Waals surface area contributed by atoms with Crippen molar-refractivity contribution in [2.75, 3.05) is 0 Å². The van der Waals surface area contributed by atoms with Crippen LogP contribution in [0.2, 0.25) is 0 Å². The van der Waals surface area contributed by atoms with Crippen LogP contribution in [0.4, 0.5) is 0 Å². The van der Waals surface area contributed by atoms with E-state index in [0.717, 1.165) is 10.9 Å². The first kappa shape index (κ1) is 15.8. The fourth-order valence-electron chi connectivity index (χ4n) is 2.40. The van der Waals surface area contributed by atoms with Crippen molar-refractivity contribution < 1.29 is 0 Å². The van der Waals surface area contributed by atoms with E-state index in [1.54, 1.807) is 0 Å². The lowest BCUT2D eigenvalue weighted by molar-refractivity contribution is 0.477. The lowest BCUT2D eigenvalue weighted by Crippen LogP contribution is -2.30. The molecule has 2 aromatic carbocycles. The van der Waals surface area contributed by atoms with Gasteiger partial charge in [0, 0.05) is 16.6 Å². The molecule has 2 unspecified atom stereocenters. The fourth-order valence-corrected chi connectivity index (χ4v) is 2.67. The molecule has 2 aromatic rings. The third kappa shape index (κ3) is 4.70. The highest BCUT2D eigenvalue weighted by Gasteiger charge is 2.10. The van der Waals surface area contributed by atoms with Crippen molar-refractivity contribution in [2.24, 2.45) is 0 Å². The molecule has 0 heterocycles. The average Bonchev–Trinajstić information content (AvgIpc) is 2.49. The number of nitrogens with zero attached hydrogens (tertiary/aromatic N) is 1. The van der Waals surface area contributed by atoms with Crippen molar-refractivity contribution in [1.29, 1.82) is 5.26 Å². The first-order chi connectivity index (χ1) is 10.1. The Kier molecular flexibility index (Phi) is 5.55. The average molecular weight is 343 g/mol. The quantitative estimate of drug-likeness (QED) is 0.861. The zero-order chi connectivity index (χ0) is 15.2. The molecule has 0 spiro atoms. The van der Waals surface area contributed by atoms with Crippen LogP contribution in [-0.2, 0) is 6.42 Å². The maximum Gasteiger partial charge on any atom is 0.0991 e. The van der Waals surface area contributed by atoms with Crippen molar-refractivity contribution in [3.05, 3.63) is 69.7 Å². The molecule has 21 heavy (non-hydrogen) atoms. The molecule has 0 bridgehead atoms. The summed E-state index contributed by atoms with van der Waals surface area (Å²) in [5.41, 5.74) is 3.23. The first-order valence-electron chi connectivity index (χ1n) is 7.09. The molecule has 2 atom stereocenters. The molecule has 0 aliphatic heterocycles. The van der Waals surface area contributed by atoms with Crippen LogP contribution in [0.15, 0.2) is 53.0 Å². The second-order valence-corrected chi connectivity index (χ2v) is 6.27. The zero-order valence-electron chi connectivity index (χ0n) is 12.3. The van der Waals surface area contributed by atoms with Gasteiger partial charge in [0.15, 0.2) is 0 Å². The number of hydrogen-bond acceptors (Lipinski definition) is 2. The molecule has 108 valence electrons. The summed E-state index contributed by atoms with van der Waals surface area (Å²) >= 11 is 3.46. The summed E-state index contributed by atoms with van der Waals surface area (Å²) in [6.07, 6.45) is 0.994. The number of halogens is 1. The summed E-state index contributed by atoms with van der Waals surface area (Å²) in [7, 11) is 0. The van der Waals surface area contributed by atoms with E-state index in [1.807, 2.05) is 24.3 Å². The maximum absolute atomic E-state index is 8.83. The Balaban J connectivity index is 1.93. The number of benzene rings is 2. The van der Waals surface area contributed by atoms with Crippen LogP contribution in [-0.4, -0.2) is 6.04 Å². The lowest BCUT2D eigenvalue weighted by atomic mass is 10.0. The molecular formula is C18H19BrN2. The largest absolute Gasteiger partial charge is 0.307 e. The van der Waals surface area contributed by atoms with Crippen molar-refractivity contribution in [3.63, 3.8) is 0 Å². The molecule has 0 amide bonds. The Bertz CT molecular complexity index is 611. The van der Waals surface area contributed by atoms with E-state index in [2.05, 4.69) is 65.4 Å². The van der Waals surface area contributed by atoms with Gasteiger partial charge in [-0.05, 0) is 55.7 Å². The highest BCUT2D eigenvalue weighted by atomic mass is 79.9. The number of rotatable bonds is 5. The van der Waals surface area contributed by atoms with Crippen molar-refractivity contribution in [2.45, 2.75) is 32.4 Å². The molecule has 0 aliphatic carbocycles. The summed E-state index contributed by atoms with van der Waals surface area (Å²) < 4.78 is 1.11. The molecule has 0 radical (unpaired) electrons. The van der Waals surface area contributed by atoms with Gasteiger partial charge in [-0.1, -0.05) is 40.2 Å². The molecule has 0 saturated heterocycles. The number of nitrogens with one attached hydrogen (secondary N) is 1. The smallest absolute Gasteiger partial charge is 0.0991 e. The van der Waals surface area contributed by atoms with Crippen molar-refractivity contribution in [1.82, 2.24) is 5.32 Å². The van der Waals surface area contributed by atoms with Gasteiger partial charge in [-0.25, -0.2) is 0 Å². The van der Waals surface area contributed by atoms with Crippen molar-refractivity contribution >= 4 is 15.9 Å². The SMILES string of the molecule is CC(Cc1ccc(Br)cc1)NC(C)c1ccc(C#N)cc1. The molecule has 2 nitrogen and oxygen atoms in total. The molecule has 3 heteroatoms. The van der Waals surface area contributed by atoms with Gasteiger partial charge < -0.3 is 5.32 Å². The van der Waals surface area contributed by atoms with Gasteiger partial charge in [-0.15, -0.1) is 0 Å². The highest BCUT2D eigenvalue weighted by molar-refractivity contribution is 9.10. The summed E-state index contributed by atoms with van der Waals surface area (Å²) in [6, 6.07) is 19.0. The second-order valence-electron chi connectivity index (χ2n) is 5.35. The van der Waals surface area contributed by atoms with Crippen LogP contribution < -0.4 is 5.32 Å². The maximum atomic E-state index is 8.83. The third-order valence-corrected chi connectivity index (χ3v) is 4.06. The van der Waals surface area contributed by atoms with E-state index >= 15 is 0 Å².